The Labute approximate surface area is 252 Å². The SMILES string of the molecule is O=C1c2c(nc(OC[C@@]34CCCN3C[C@H](F)C4)nc2N2CCCC(O)CC2)CN1c1c(C2(F)CC2)c(Cl)cc2[nH]ncc12. The first-order chi connectivity index (χ1) is 20.7. The Hall–Kier alpha value is -3.09. The number of carbonyl (C=O) groups is 1. The summed E-state index contributed by atoms with van der Waals surface area (Å²) in [6.45, 7) is 2.74. The summed E-state index contributed by atoms with van der Waals surface area (Å²) in [7, 11) is 0. The molecule has 3 aromatic rings. The van der Waals surface area contributed by atoms with Gasteiger partial charge in [-0.3, -0.25) is 14.8 Å². The van der Waals surface area contributed by atoms with E-state index in [9.17, 15) is 14.3 Å². The third kappa shape index (κ3) is 4.47. The molecule has 43 heavy (non-hydrogen) atoms. The molecule has 0 bridgehead atoms. The zero-order valence-electron chi connectivity index (χ0n) is 23.8. The van der Waals surface area contributed by atoms with Crippen molar-refractivity contribution in [2.75, 3.05) is 42.6 Å². The van der Waals surface area contributed by atoms with Gasteiger partial charge in [-0.25, -0.2) is 8.78 Å². The highest BCUT2D eigenvalue weighted by atomic mass is 35.5. The molecule has 1 amide bonds. The molecular weight excluding hydrogens is 580 g/mol. The van der Waals surface area contributed by atoms with Crippen molar-refractivity contribution in [3.8, 4) is 6.01 Å². The fourth-order valence-electron chi connectivity index (χ4n) is 7.68. The fraction of sp³-hybridized carbons (Fsp3) is 0.600. The molecule has 4 aliphatic heterocycles. The van der Waals surface area contributed by atoms with Crippen molar-refractivity contribution in [1.29, 1.82) is 0 Å². The van der Waals surface area contributed by atoms with E-state index >= 15 is 4.39 Å². The summed E-state index contributed by atoms with van der Waals surface area (Å²) < 4.78 is 36.5. The molecule has 2 N–H and O–H groups in total. The van der Waals surface area contributed by atoms with Gasteiger partial charge < -0.3 is 19.6 Å². The summed E-state index contributed by atoms with van der Waals surface area (Å²) in [5.41, 5.74) is 0.154. The van der Waals surface area contributed by atoms with Gasteiger partial charge in [0.25, 0.3) is 5.91 Å². The van der Waals surface area contributed by atoms with Gasteiger partial charge in [0.05, 0.1) is 46.3 Å². The molecule has 0 radical (unpaired) electrons. The minimum absolute atomic E-state index is 0.0873. The molecule has 1 aliphatic carbocycles. The number of rotatable bonds is 6. The Kier molecular flexibility index (Phi) is 6.36. The van der Waals surface area contributed by atoms with Crippen molar-refractivity contribution in [2.24, 2.45) is 0 Å². The van der Waals surface area contributed by atoms with Crippen LogP contribution < -0.4 is 14.5 Å². The minimum Gasteiger partial charge on any atom is -0.461 e. The van der Waals surface area contributed by atoms with Gasteiger partial charge in [0.15, 0.2) is 0 Å². The van der Waals surface area contributed by atoms with Crippen LogP contribution in [0.3, 0.4) is 0 Å². The van der Waals surface area contributed by atoms with E-state index < -0.39 is 17.9 Å². The molecular formula is C30H34ClF2N7O3. The molecule has 228 valence electrons. The number of fused-ring (bicyclic) bond motifs is 3. The highest BCUT2D eigenvalue weighted by Gasteiger charge is 2.51. The van der Waals surface area contributed by atoms with Gasteiger partial charge in [-0.2, -0.15) is 15.1 Å². The fourth-order valence-corrected chi connectivity index (χ4v) is 8.05. The zero-order valence-corrected chi connectivity index (χ0v) is 24.5. The number of aliphatic hydroxyl groups is 1. The number of nitrogens with zero attached hydrogens (tertiary/aromatic N) is 6. The Morgan fingerprint density at radius 1 is 1.16 bits per heavy atom. The van der Waals surface area contributed by atoms with E-state index in [2.05, 4.69) is 15.1 Å². The predicted molar refractivity (Wildman–Crippen MR) is 156 cm³/mol. The summed E-state index contributed by atoms with van der Waals surface area (Å²) in [5, 5.41) is 18.2. The van der Waals surface area contributed by atoms with Crippen molar-refractivity contribution in [1.82, 2.24) is 25.1 Å². The maximum atomic E-state index is 15.8. The highest BCUT2D eigenvalue weighted by Crippen LogP contribution is 2.57. The zero-order chi connectivity index (χ0) is 29.5. The molecule has 0 spiro atoms. The summed E-state index contributed by atoms with van der Waals surface area (Å²) >= 11 is 6.66. The number of aromatic amines is 1. The van der Waals surface area contributed by atoms with E-state index in [4.69, 9.17) is 26.3 Å². The summed E-state index contributed by atoms with van der Waals surface area (Å²) in [5.74, 6) is 0.110. The lowest BCUT2D eigenvalue weighted by Crippen LogP contribution is -2.43. The molecule has 3 saturated heterocycles. The van der Waals surface area contributed by atoms with E-state index in [0.29, 0.717) is 91.0 Å². The minimum atomic E-state index is -1.61. The first-order valence-corrected chi connectivity index (χ1v) is 15.7. The number of nitrogens with one attached hydrogen (secondary N) is 1. The van der Waals surface area contributed by atoms with Crippen molar-refractivity contribution >= 4 is 39.9 Å². The molecule has 6 heterocycles. The monoisotopic (exact) mass is 613 g/mol. The number of hydrogen-bond donors (Lipinski definition) is 2. The molecule has 13 heteroatoms. The Morgan fingerprint density at radius 3 is 2.86 bits per heavy atom. The highest BCUT2D eigenvalue weighted by molar-refractivity contribution is 6.33. The lowest BCUT2D eigenvalue weighted by Gasteiger charge is -2.31. The first-order valence-electron chi connectivity index (χ1n) is 15.3. The van der Waals surface area contributed by atoms with E-state index in [1.165, 1.54) is 0 Å². The van der Waals surface area contributed by atoms with Crippen LogP contribution in [0.15, 0.2) is 12.3 Å². The van der Waals surface area contributed by atoms with Crippen LogP contribution in [0.5, 0.6) is 6.01 Å². The van der Waals surface area contributed by atoms with Crippen molar-refractivity contribution in [3.63, 3.8) is 0 Å². The normalized spacial score (nSPS) is 28.4. The average molecular weight is 614 g/mol. The molecule has 3 atom stereocenters. The van der Waals surface area contributed by atoms with E-state index in [-0.39, 0.29) is 35.6 Å². The van der Waals surface area contributed by atoms with Crippen LogP contribution in [-0.4, -0.2) is 86.7 Å². The quantitative estimate of drug-likeness (QED) is 0.420. The molecule has 8 rings (SSSR count). The molecule has 2 aromatic heterocycles. The number of aliphatic hydroxyl groups excluding tert-OH is 1. The smallest absolute Gasteiger partial charge is 0.318 e. The molecule has 5 aliphatic rings. The summed E-state index contributed by atoms with van der Waals surface area (Å²) in [6, 6.07) is 1.80. The number of aromatic nitrogens is 4. The van der Waals surface area contributed by atoms with E-state index in [0.717, 1.165) is 25.8 Å². The van der Waals surface area contributed by atoms with Crippen LogP contribution in [0, 0.1) is 0 Å². The van der Waals surface area contributed by atoms with E-state index in [1.54, 1.807) is 17.2 Å². The van der Waals surface area contributed by atoms with Crippen LogP contribution in [0.1, 0.15) is 73.0 Å². The number of alkyl halides is 2. The Morgan fingerprint density at radius 2 is 2.02 bits per heavy atom. The number of H-pyrrole nitrogens is 1. The maximum Gasteiger partial charge on any atom is 0.318 e. The van der Waals surface area contributed by atoms with Gasteiger partial charge >= 0.3 is 6.01 Å². The summed E-state index contributed by atoms with van der Waals surface area (Å²) in [4.78, 5) is 29.6. The number of halogens is 3. The molecule has 10 nitrogen and oxygen atoms in total. The second-order valence-electron chi connectivity index (χ2n) is 12.9. The third-order valence-corrected chi connectivity index (χ3v) is 10.3. The van der Waals surface area contributed by atoms with Gasteiger partial charge in [-0.15, -0.1) is 0 Å². The number of hydrogen-bond acceptors (Lipinski definition) is 8. The molecule has 1 aromatic carbocycles. The summed E-state index contributed by atoms with van der Waals surface area (Å²) in [6.07, 6.45) is 5.16. The van der Waals surface area contributed by atoms with Crippen LogP contribution in [0.4, 0.5) is 20.3 Å². The predicted octanol–water partition coefficient (Wildman–Crippen LogP) is 4.43. The molecule has 4 fully saturated rings. The van der Waals surface area contributed by atoms with Gasteiger partial charge in [0, 0.05) is 37.0 Å². The number of anilines is 2. The number of benzene rings is 1. The van der Waals surface area contributed by atoms with Crippen LogP contribution in [-0.2, 0) is 12.2 Å². The average Bonchev–Trinajstić information content (AvgIpc) is 3.23. The first kappa shape index (κ1) is 27.5. The maximum absolute atomic E-state index is 15.8. The van der Waals surface area contributed by atoms with E-state index in [1.807, 2.05) is 4.90 Å². The van der Waals surface area contributed by atoms with Crippen molar-refractivity contribution in [3.05, 3.63) is 34.1 Å². The largest absolute Gasteiger partial charge is 0.461 e. The van der Waals surface area contributed by atoms with Crippen LogP contribution in [0.2, 0.25) is 5.02 Å². The van der Waals surface area contributed by atoms with Gasteiger partial charge in [0.2, 0.25) is 0 Å². The van der Waals surface area contributed by atoms with Gasteiger partial charge in [0.1, 0.15) is 29.8 Å². The number of ether oxygens (including phenoxy) is 1. The van der Waals surface area contributed by atoms with Crippen molar-refractivity contribution < 1.29 is 23.4 Å². The van der Waals surface area contributed by atoms with Crippen LogP contribution in [0.25, 0.3) is 10.9 Å². The van der Waals surface area contributed by atoms with Crippen molar-refractivity contribution in [2.45, 2.75) is 81.4 Å². The van der Waals surface area contributed by atoms with Crippen LogP contribution >= 0.6 is 11.6 Å². The molecule has 1 unspecified atom stereocenters. The molecule has 1 saturated carbocycles. The lowest BCUT2D eigenvalue weighted by atomic mass is 9.95. The standard InChI is InChI=1S/C30H34ClF2N7O3/c31-20-11-21-19(13-34-37-21)25(24(20)30(33)6-7-30)40-15-22-23(27(40)42)26(38-8-1-3-18(41)4-10-38)36-28(35-22)43-16-29-5-2-9-39(29)14-17(32)12-29/h11,13,17-18,41H,1-10,12,14-16H2,(H,34,37)/t17-,18?,29+/m1/s1. The topological polar surface area (TPSA) is 111 Å². The number of carbonyl (C=O) groups excluding carboxylic acids is 1. The number of amides is 1. The second-order valence-corrected chi connectivity index (χ2v) is 13.3. The second kappa shape index (κ2) is 9.97. The van der Waals surface area contributed by atoms with Gasteiger partial charge in [-0.05, 0) is 57.6 Å². The Bertz CT molecular complexity index is 1620. The van der Waals surface area contributed by atoms with Gasteiger partial charge in [-0.1, -0.05) is 11.6 Å². The Balaban J connectivity index is 1.20. The lowest BCUT2D eigenvalue weighted by molar-refractivity contribution is 0.0995. The third-order valence-electron chi connectivity index (χ3n) is 10.0.